The lowest BCUT2D eigenvalue weighted by Crippen LogP contribution is -2.24. The van der Waals surface area contributed by atoms with E-state index in [9.17, 15) is 4.79 Å². The van der Waals surface area contributed by atoms with Crippen molar-refractivity contribution in [3.63, 3.8) is 0 Å². The molecule has 0 radical (unpaired) electrons. The van der Waals surface area contributed by atoms with Crippen molar-refractivity contribution in [2.24, 2.45) is 11.7 Å². The average Bonchev–Trinajstić information content (AvgIpc) is 3.24. The van der Waals surface area contributed by atoms with E-state index in [4.69, 9.17) is 5.73 Å². The Morgan fingerprint density at radius 3 is 2.68 bits per heavy atom. The first-order valence-electron chi connectivity index (χ1n) is 8.08. The van der Waals surface area contributed by atoms with Crippen LogP contribution in [0.15, 0.2) is 36.5 Å². The molecule has 25 heavy (non-hydrogen) atoms. The molecule has 0 aliphatic carbocycles. The van der Waals surface area contributed by atoms with Gasteiger partial charge in [-0.25, -0.2) is 4.98 Å². The molecule has 0 saturated carbocycles. The fourth-order valence-electron chi connectivity index (χ4n) is 2.41. The van der Waals surface area contributed by atoms with Crippen molar-refractivity contribution in [1.82, 2.24) is 25.0 Å². The molecule has 8 heteroatoms. The molecule has 1 amide bonds. The molecule has 4 N–H and O–H groups in total. The van der Waals surface area contributed by atoms with E-state index in [1.165, 1.54) is 0 Å². The molecule has 0 aliphatic rings. The van der Waals surface area contributed by atoms with Crippen molar-refractivity contribution in [2.75, 3.05) is 5.32 Å². The standard InChI is InChI=1S/C17H21N7O/c1-11(10-24-8-7-12(2)23-24)17(25)19-14-5-3-13(4-6-14)16-20-15(9-18)21-22-16/h3-8,11H,9-10,18H2,1-2H3,(H,19,25)(H,20,21,22). The second kappa shape index (κ2) is 7.27. The van der Waals surface area contributed by atoms with Gasteiger partial charge in [-0.05, 0) is 37.3 Å². The number of nitrogens with one attached hydrogen (secondary N) is 2. The van der Waals surface area contributed by atoms with Crippen LogP contribution >= 0.6 is 0 Å². The van der Waals surface area contributed by atoms with Gasteiger partial charge >= 0.3 is 0 Å². The second-order valence-electron chi connectivity index (χ2n) is 5.96. The molecule has 1 aromatic carbocycles. The topological polar surface area (TPSA) is 115 Å². The Bertz CT molecular complexity index is 850. The third-order valence-corrected chi connectivity index (χ3v) is 3.82. The summed E-state index contributed by atoms with van der Waals surface area (Å²) in [4.78, 5) is 16.6. The predicted octanol–water partition coefficient (Wildman–Crippen LogP) is 1.71. The van der Waals surface area contributed by atoms with Crippen LogP contribution in [0.4, 0.5) is 5.69 Å². The number of carbonyl (C=O) groups is 1. The molecule has 0 fully saturated rings. The highest BCUT2D eigenvalue weighted by atomic mass is 16.1. The number of H-pyrrole nitrogens is 1. The first kappa shape index (κ1) is 16.8. The van der Waals surface area contributed by atoms with Crippen molar-refractivity contribution in [3.05, 3.63) is 48.0 Å². The van der Waals surface area contributed by atoms with Gasteiger partial charge in [0.1, 0.15) is 5.82 Å². The van der Waals surface area contributed by atoms with Gasteiger partial charge < -0.3 is 11.1 Å². The van der Waals surface area contributed by atoms with Crippen molar-refractivity contribution in [2.45, 2.75) is 26.9 Å². The quantitative estimate of drug-likeness (QED) is 0.632. The third-order valence-electron chi connectivity index (χ3n) is 3.82. The lowest BCUT2D eigenvalue weighted by molar-refractivity contribution is -0.119. The number of anilines is 1. The van der Waals surface area contributed by atoms with Crippen LogP contribution in [-0.4, -0.2) is 30.9 Å². The average molecular weight is 339 g/mol. The summed E-state index contributed by atoms with van der Waals surface area (Å²) in [6.45, 7) is 4.65. The number of aromatic amines is 1. The number of rotatable bonds is 6. The Kier molecular flexibility index (Phi) is 4.90. The van der Waals surface area contributed by atoms with Crippen LogP contribution in [0.5, 0.6) is 0 Å². The van der Waals surface area contributed by atoms with Crippen LogP contribution in [0.1, 0.15) is 18.4 Å². The monoisotopic (exact) mass is 339 g/mol. The van der Waals surface area contributed by atoms with Crippen LogP contribution < -0.4 is 11.1 Å². The van der Waals surface area contributed by atoms with Crippen molar-refractivity contribution >= 4 is 11.6 Å². The predicted molar refractivity (Wildman–Crippen MR) is 94.5 cm³/mol. The van der Waals surface area contributed by atoms with Crippen molar-refractivity contribution in [1.29, 1.82) is 0 Å². The molecule has 3 aromatic rings. The SMILES string of the molecule is Cc1ccn(CC(C)C(=O)Nc2ccc(-c3n[nH]c(CN)n3)cc2)n1. The summed E-state index contributed by atoms with van der Waals surface area (Å²) in [5, 5.41) is 14.1. The molecule has 0 saturated heterocycles. The van der Waals surface area contributed by atoms with Gasteiger partial charge in [-0.3, -0.25) is 14.6 Å². The van der Waals surface area contributed by atoms with E-state index in [1.807, 2.05) is 50.4 Å². The van der Waals surface area contributed by atoms with Gasteiger partial charge in [0.05, 0.1) is 24.7 Å². The maximum Gasteiger partial charge on any atom is 0.229 e. The maximum absolute atomic E-state index is 12.3. The maximum atomic E-state index is 12.3. The summed E-state index contributed by atoms with van der Waals surface area (Å²) in [6, 6.07) is 9.30. The molecule has 2 aromatic heterocycles. The molecular weight excluding hydrogens is 318 g/mol. The highest BCUT2D eigenvalue weighted by molar-refractivity contribution is 5.92. The number of hydrogen-bond acceptors (Lipinski definition) is 5. The highest BCUT2D eigenvalue weighted by Gasteiger charge is 2.14. The van der Waals surface area contributed by atoms with E-state index in [2.05, 4.69) is 25.6 Å². The summed E-state index contributed by atoms with van der Waals surface area (Å²) in [7, 11) is 0. The lowest BCUT2D eigenvalue weighted by atomic mass is 10.1. The van der Waals surface area contributed by atoms with E-state index >= 15 is 0 Å². The van der Waals surface area contributed by atoms with Gasteiger partial charge in [-0.2, -0.15) is 10.2 Å². The van der Waals surface area contributed by atoms with Gasteiger partial charge in [0.15, 0.2) is 5.82 Å². The molecule has 1 unspecified atom stereocenters. The third kappa shape index (κ3) is 4.10. The first-order chi connectivity index (χ1) is 12.0. The fourth-order valence-corrected chi connectivity index (χ4v) is 2.41. The van der Waals surface area contributed by atoms with E-state index in [-0.39, 0.29) is 11.8 Å². The van der Waals surface area contributed by atoms with Crippen LogP contribution in [0, 0.1) is 12.8 Å². The molecule has 3 rings (SSSR count). The van der Waals surface area contributed by atoms with E-state index in [0.717, 1.165) is 16.9 Å². The molecule has 0 aliphatic heterocycles. The highest BCUT2D eigenvalue weighted by Crippen LogP contribution is 2.18. The van der Waals surface area contributed by atoms with Gasteiger partial charge in [0, 0.05) is 17.4 Å². The van der Waals surface area contributed by atoms with E-state index < -0.39 is 0 Å². The van der Waals surface area contributed by atoms with Crippen LogP contribution in [0.3, 0.4) is 0 Å². The normalized spacial score (nSPS) is 12.1. The van der Waals surface area contributed by atoms with Gasteiger partial charge in [0.2, 0.25) is 5.91 Å². The summed E-state index contributed by atoms with van der Waals surface area (Å²) in [5.41, 5.74) is 8.04. The molecule has 8 nitrogen and oxygen atoms in total. The Balaban J connectivity index is 1.61. The molecule has 1 atom stereocenters. The van der Waals surface area contributed by atoms with Gasteiger partial charge in [-0.15, -0.1) is 0 Å². The summed E-state index contributed by atoms with van der Waals surface area (Å²) < 4.78 is 1.78. The largest absolute Gasteiger partial charge is 0.326 e. The van der Waals surface area contributed by atoms with Crippen molar-refractivity contribution < 1.29 is 4.79 Å². The number of amides is 1. The van der Waals surface area contributed by atoms with Crippen molar-refractivity contribution in [3.8, 4) is 11.4 Å². The van der Waals surface area contributed by atoms with Crippen LogP contribution in [-0.2, 0) is 17.9 Å². The Hall–Kier alpha value is -3.00. The van der Waals surface area contributed by atoms with Crippen LogP contribution in [0.25, 0.3) is 11.4 Å². The smallest absolute Gasteiger partial charge is 0.229 e. The van der Waals surface area contributed by atoms with E-state index in [1.54, 1.807) is 4.68 Å². The number of benzene rings is 1. The lowest BCUT2D eigenvalue weighted by Gasteiger charge is -2.12. The fraction of sp³-hybridized carbons (Fsp3) is 0.294. The van der Waals surface area contributed by atoms with Gasteiger partial charge in [0.25, 0.3) is 0 Å². The Labute approximate surface area is 145 Å². The van der Waals surface area contributed by atoms with Crippen LogP contribution in [0.2, 0.25) is 0 Å². The number of hydrogen-bond donors (Lipinski definition) is 3. The number of nitrogens with two attached hydrogens (primary N) is 1. The Morgan fingerprint density at radius 1 is 1.32 bits per heavy atom. The summed E-state index contributed by atoms with van der Waals surface area (Å²) in [5.74, 6) is 0.971. The minimum Gasteiger partial charge on any atom is -0.326 e. The molecule has 130 valence electrons. The zero-order chi connectivity index (χ0) is 17.8. The van der Waals surface area contributed by atoms with E-state index in [0.29, 0.717) is 24.7 Å². The number of carbonyl (C=O) groups excluding carboxylic acids is 1. The first-order valence-corrected chi connectivity index (χ1v) is 8.08. The van der Waals surface area contributed by atoms with Gasteiger partial charge in [-0.1, -0.05) is 6.92 Å². The molecule has 0 bridgehead atoms. The molecule has 2 heterocycles. The summed E-state index contributed by atoms with van der Waals surface area (Å²) >= 11 is 0. The molecule has 0 spiro atoms. The number of nitrogens with zero attached hydrogens (tertiary/aromatic N) is 4. The zero-order valence-electron chi connectivity index (χ0n) is 14.2. The zero-order valence-corrected chi connectivity index (χ0v) is 14.2. The number of aryl methyl sites for hydroxylation is 1. The second-order valence-corrected chi connectivity index (χ2v) is 5.96. The summed E-state index contributed by atoms with van der Waals surface area (Å²) in [6.07, 6.45) is 1.88. The Morgan fingerprint density at radius 2 is 2.08 bits per heavy atom. The minimum atomic E-state index is -0.195. The number of aromatic nitrogens is 5. The molecular formula is C17H21N7O. The minimum absolute atomic E-state index is 0.0517.